The van der Waals surface area contributed by atoms with Gasteiger partial charge >= 0.3 is 11.9 Å². The Labute approximate surface area is 339 Å². The number of benzene rings is 2. The molecule has 1 aliphatic carbocycles. The molecule has 3 fully saturated rings. The van der Waals surface area contributed by atoms with Crippen molar-refractivity contribution >= 4 is 34.4 Å². The van der Waals surface area contributed by atoms with Gasteiger partial charge in [0.15, 0.2) is 6.10 Å². The number of piperidine rings is 1. The minimum Gasteiger partial charge on any atom is -0.496 e. The molecule has 0 radical (unpaired) electrons. The van der Waals surface area contributed by atoms with E-state index in [1.165, 1.54) is 14.0 Å². The lowest BCUT2D eigenvalue weighted by Crippen LogP contribution is -2.81. The molecule has 2 bridgehead atoms. The van der Waals surface area contributed by atoms with Crippen LogP contribution >= 0.6 is 0 Å². The molecule has 1 spiro atoms. The topological polar surface area (TPSA) is 171 Å². The van der Waals surface area contributed by atoms with Crippen LogP contribution in [0.25, 0.3) is 10.9 Å². The number of nitrogens with one attached hydrogen (secondary N) is 1. The van der Waals surface area contributed by atoms with Gasteiger partial charge in [-0.05, 0) is 74.2 Å². The summed E-state index contributed by atoms with van der Waals surface area (Å²) in [5.41, 5.74) is 5.17. The molecule has 3 aromatic rings. The van der Waals surface area contributed by atoms with Crippen molar-refractivity contribution < 1.29 is 38.8 Å². The Hall–Kier alpha value is -4.43. The van der Waals surface area contributed by atoms with Crippen LogP contribution < -0.4 is 15.4 Å². The fourth-order valence-corrected chi connectivity index (χ4v) is 13.4. The van der Waals surface area contributed by atoms with Crippen LogP contribution in [0.1, 0.15) is 75.3 Å². The van der Waals surface area contributed by atoms with Crippen molar-refractivity contribution in [2.45, 2.75) is 99.5 Å². The summed E-state index contributed by atoms with van der Waals surface area (Å²) in [6.07, 6.45) is 5.91. The highest BCUT2D eigenvalue weighted by Gasteiger charge is 2.80. The van der Waals surface area contributed by atoms with Gasteiger partial charge in [-0.2, -0.15) is 0 Å². The molecule has 1 aromatic heterocycles. The number of aromatic amines is 1. The molecule has 1 saturated carbocycles. The van der Waals surface area contributed by atoms with Crippen molar-refractivity contribution in [3.63, 3.8) is 0 Å². The predicted molar refractivity (Wildman–Crippen MR) is 218 cm³/mol. The van der Waals surface area contributed by atoms with E-state index in [9.17, 15) is 24.6 Å². The second-order valence-corrected chi connectivity index (χ2v) is 18.1. The number of amides is 1. The SMILES string of the molecule is CC[C@]1(O)C[C@@H]2CN(CCc3c([nH]c4ccccc34)[C@@](C(N)=O)(c3cc4c(cc3OC)N(C)C3C(O)(C(=O)OC)[C@H](OC(C)=O)[C@]5(CC)C=CCN6CC[C@]43[C@@H]65)C2)C1. The van der Waals surface area contributed by atoms with Crippen LogP contribution in [-0.4, -0.2) is 126 Å². The predicted octanol–water partition coefficient (Wildman–Crippen LogP) is 3.30. The van der Waals surface area contributed by atoms with Crippen LogP contribution in [-0.2, 0) is 41.1 Å². The van der Waals surface area contributed by atoms with Crippen molar-refractivity contribution in [2.24, 2.45) is 17.1 Å². The number of hydrogen-bond acceptors (Lipinski definition) is 11. The first kappa shape index (κ1) is 39.1. The number of likely N-dealkylation sites (N-methyl/N-ethyl adjacent to an activating group) is 1. The Morgan fingerprint density at radius 3 is 2.48 bits per heavy atom. The van der Waals surface area contributed by atoms with Gasteiger partial charge in [0.05, 0.1) is 25.9 Å². The molecule has 2 aromatic carbocycles. The van der Waals surface area contributed by atoms with Crippen LogP contribution in [0, 0.1) is 11.3 Å². The third-order valence-corrected chi connectivity index (χ3v) is 15.5. The number of carbonyl (C=O) groups is 3. The van der Waals surface area contributed by atoms with Crippen LogP contribution in [0.5, 0.6) is 5.75 Å². The van der Waals surface area contributed by atoms with E-state index in [1.807, 2.05) is 56.1 Å². The van der Waals surface area contributed by atoms with Crippen molar-refractivity contribution in [1.82, 2.24) is 14.8 Å². The molecule has 310 valence electrons. The summed E-state index contributed by atoms with van der Waals surface area (Å²) in [5.74, 6) is -1.67. The van der Waals surface area contributed by atoms with Crippen LogP contribution in [0.3, 0.4) is 0 Å². The van der Waals surface area contributed by atoms with E-state index in [1.54, 1.807) is 7.11 Å². The number of ether oxygens (including phenoxy) is 3. The van der Waals surface area contributed by atoms with Gasteiger partial charge in [-0.15, -0.1) is 0 Å². The standard InChI is InChI=1S/C45H57N5O8/c1-7-41(54)22-27-23-44(39(46)52,35-29(14-18-49(24-27)25-41)28-12-9-10-13-32(28)47-35)31-20-30-33(21-34(31)56-5)48(4)37-43(30)16-19-50-17-11-15-42(8-2,36(43)50)38(58-26(3)51)45(37,55)40(53)57-6/h9-13,15,20-21,27,36-38,47,54-55H,7-8,14,16-19,22-25H2,1-6H3,(H2,46,52)/t27-,36-,37?,38+,41-,42+,43+,44-,45?/m0/s1. The van der Waals surface area contributed by atoms with E-state index in [0.29, 0.717) is 82.6 Å². The smallest absolute Gasteiger partial charge is 0.344 e. The minimum atomic E-state index is -2.30. The van der Waals surface area contributed by atoms with E-state index in [0.717, 1.165) is 33.4 Å². The van der Waals surface area contributed by atoms with Crippen LogP contribution in [0.15, 0.2) is 48.6 Å². The zero-order valence-corrected chi connectivity index (χ0v) is 34.5. The van der Waals surface area contributed by atoms with E-state index < -0.39 is 57.4 Å². The summed E-state index contributed by atoms with van der Waals surface area (Å²) >= 11 is 0. The molecular weight excluding hydrogens is 739 g/mol. The molecule has 6 heterocycles. The average molecular weight is 796 g/mol. The van der Waals surface area contributed by atoms with Gasteiger partial charge in [0.1, 0.15) is 11.2 Å². The molecule has 6 aliphatic rings. The van der Waals surface area contributed by atoms with E-state index in [4.69, 9.17) is 19.9 Å². The highest BCUT2D eigenvalue weighted by atomic mass is 16.6. The maximum atomic E-state index is 15.0. The number of nitrogens with two attached hydrogens (primary N) is 1. The number of aromatic nitrogens is 1. The Kier molecular flexibility index (Phi) is 8.95. The lowest BCUT2D eigenvalue weighted by molar-refractivity contribution is -0.228. The third kappa shape index (κ3) is 4.93. The number of anilines is 1. The monoisotopic (exact) mass is 795 g/mol. The van der Waals surface area contributed by atoms with Crippen molar-refractivity contribution in [3.05, 3.63) is 70.9 Å². The summed E-state index contributed by atoms with van der Waals surface area (Å²) in [5, 5.41) is 26.2. The van der Waals surface area contributed by atoms with Crippen molar-refractivity contribution in [2.75, 3.05) is 58.9 Å². The first-order valence-electron chi connectivity index (χ1n) is 20.9. The number of para-hydroxylation sites is 1. The van der Waals surface area contributed by atoms with Gasteiger partial charge in [0, 0.05) is 90.9 Å². The lowest BCUT2D eigenvalue weighted by atomic mass is 9.47. The van der Waals surface area contributed by atoms with Gasteiger partial charge in [-0.1, -0.05) is 44.2 Å². The van der Waals surface area contributed by atoms with Gasteiger partial charge in [0.2, 0.25) is 11.5 Å². The van der Waals surface area contributed by atoms with Crippen LogP contribution in [0.2, 0.25) is 0 Å². The molecular formula is C45H57N5O8. The minimum absolute atomic E-state index is 0.100. The second-order valence-electron chi connectivity index (χ2n) is 18.1. The van der Waals surface area contributed by atoms with E-state index in [-0.39, 0.29) is 12.0 Å². The molecule has 3 unspecified atom stereocenters. The number of aliphatic hydroxyl groups is 2. The highest BCUT2D eigenvalue weighted by Crippen LogP contribution is 2.68. The van der Waals surface area contributed by atoms with Gasteiger partial charge < -0.3 is 40.0 Å². The molecule has 58 heavy (non-hydrogen) atoms. The second kappa shape index (κ2) is 13.3. The molecule has 9 rings (SSSR count). The number of fused-ring (bicyclic) bond motifs is 6. The zero-order valence-electron chi connectivity index (χ0n) is 34.5. The first-order chi connectivity index (χ1) is 27.7. The molecule has 2 saturated heterocycles. The molecule has 13 nitrogen and oxygen atoms in total. The number of esters is 2. The van der Waals surface area contributed by atoms with Crippen molar-refractivity contribution in [3.8, 4) is 5.75 Å². The van der Waals surface area contributed by atoms with Gasteiger partial charge in [0.25, 0.3) is 0 Å². The quantitative estimate of drug-likeness (QED) is 0.205. The molecule has 1 amide bonds. The highest BCUT2D eigenvalue weighted by molar-refractivity contribution is 5.96. The number of nitrogens with zero attached hydrogens (tertiary/aromatic N) is 3. The first-order valence-corrected chi connectivity index (χ1v) is 20.9. The number of hydrogen-bond donors (Lipinski definition) is 4. The molecule has 5 N–H and O–H groups in total. The zero-order chi connectivity index (χ0) is 41.2. The molecule has 5 aliphatic heterocycles. The number of rotatable bonds is 7. The summed E-state index contributed by atoms with van der Waals surface area (Å²) < 4.78 is 17.9. The fraction of sp³-hybridized carbons (Fsp3) is 0.578. The summed E-state index contributed by atoms with van der Waals surface area (Å²) in [6.45, 7) is 8.60. The average Bonchev–Trinajstić information content (AvgIpc) is 3.87. The largest absolute Gasteiger partial charge is 0.496 e. The van der Waals surface area contributed by atoms with E-state index >= 15 is 0 Å². The number of H-pyrrole nitrogens is 1. The Bertz CT molecular complexity index is 2240. The molecule has 10 atom stereocenters. The molecule has 13 heteroatoms. The fourth-order valence-electron chi connectivity index (χ4n) is 13.4. The number of carbonyl (C=O) groups excluding carboxylic acids is 3. The number of methoxy groups -OCH3 is 2. The van der Waals surface area contributed by atoms with Gasteiger partial charge in [-0.25, -0.2) is 4.79 Å². The van der Waals surface area contributed by atoms with Crippen LogP contribution in [0.4, 0.5) is 5.69 Å². The summed E-state index contributed by atoms with van der Waals surface area (Å²) in [4.78, 5) is 52.7. The van der Waals surface area contributed by atoms with Crippen molar-refractivity contribution in [1.29, 1.82) is 0 Å². The Morgan fingerprint density at radius 2 is 1.79 bits per heavy atom. The maximum absolute atomic E-state index is 15.0. The normalized spacial score (nSPS) is 37.4. The lowest BCUT2D eigenvalue weighted by Gasteiger charge is -2.63. The Morgan fingerprint density at radius 1 is 1.02 bits per heavy atom. The Balaban J connectivity index is 1.35. The third-order valence-electron chi connectivity index (χ3n) is 15.5. The summed E-state index contributed by atoms with van der Waals surface area (Å²) in [6, 6.07) is 10.9. The van der Waals surface area contributed by atoms with Gasteiger partial charge in [-0.3, -0.25) is 19.4 Å². The maximum Gasteiger partial charge on any atom is 0.344 e. The van der Waals surface area contributed by atoms with E-state index in [2.05, 4.69) is 33.0 Å². The number of primary amides is 1. The summed E-state index contributed by atoms with van der Waals surface area (Å²) in [7, 11) is 4.70.